The third kappa shape index (κ3) is 10.1. The zero-order valence-electron chi connectivity index (χ0n) is 31.7. The molecule has 0 aliphatic carbocycles. The quantitative estimate of drug-likeness (QED) is 0.0587. The molecule has 21 heteroatoms. The van der Waals surface area contributed by atoms with Crippen molar-refractivity contribution in [3.63, 3.8) is 0 Å². The predicted molar refractivity (Wildman–Crippen MR) is 213 cm³/mol. The van der Waals surface area contributed by atoms with E-state index in [-0.39, 0.29) is 97.7 Å². The van der Waals surface area contributed by atoms with Crippen molar-refractivity contribution in [3.05, 3.63) is 171 Å². The molecular formula is C40H30CoN10O10. The van der Waals surface area contributed by atoms with Crippen LogP contribution >= 0.6 is 0 Å². The molecule has 0 spiro atoms. The van der Waals surface area contributed by atoms with Gasteiger partial charge in [-0.1, -0.05) is 60.7 Å². The molecule has 0 unspecified atom stereocenters. The van der Waals surface area contributed by atoms with Crippen LogP contribution in [0.5, 0.6) is 23.3 Å². The third-order valence-electron chi connectivity index (χ3n) is 8.76. The molecule has 4 aromatic carbocycles. The second-order valence-electron chi connectivity index (χ2n) is 12.6. The second kappa shape index (κ2) is 19.8. The molecule has 0 aliphatic heterocycles. The van der Waals surface area contributed by atoms with E-state index in [4.69, 9.17) is 0 Å². The SMILES string of the molecule is Cc1c(N=Nc2cc([N+](=O)[O-])ccc2O)c(O)n(Cc2ccccc2)c(=O)c1C#N.Cc1c(N=Nc2cc([N+](=O)[O-])ccc2O)c(O)n(Cc2ccccc2)c(=O)c1C#N.[Co]. The predicted octanol–water partition coefficient (Wildman–Crippen LogP) is 7.62. The Labute approximate surface area is 354 Å². The topological polar surface area (TPSA) is 308 Å². The summed E-state index contributed by atoms with van der Waals surface area (Å²) >= 11 is 0. The number of azo groups is 2. The number of rotatable bonds is 10. The second-order valence-corrected chi connectivity index (χ2v) is 12.6. The van der Waals surface area contributed by atoms with Crippen LogP contribution < -0.4 is 11.1 Å². The van der Waals surface area contributed by atoms with Gasteiger partial charge in [0.15, 0.2) is 11.4 Å². The summed E-state index contributed by atoms with van der Waals surface area (Å²) < 4.78 is 1.98. The van der Waals surface area contributed by atoms with Gasteiger partial charge < -0.3 is 20.4 Å². The van der Waals surface area contributed by atoms with Crippen molar-refractivity contribution < 1.29 is 47.1 Å². The van der Waals surface area contributed by atoms with Crippen LogP contribution in [0.25, 0.3) is 0 Å². The van der Waals surface area contributed by atoms with Gasteiger partial charge in [-0.2, -0.15) is 10.5 Å². The number of aromatic nitrogens is 2. The van der Waals surface area contributed by atoms with E-state index in [0.29, 0.717) is 11.1 Å². The van der Waals surface area contributed by atoms with Crippen LogP contribution in [0.15, 0.2) is 127 Å². The molecule has 0 fully saturated rings. The number of hydrogen-bond acceptors (Lipinski definition) is 16. The van der Waals surface area contributed by atoms with Gasteiger partial charge >= 0.3 is 0 Å². The Kier molecular flexibility index (Phi) is 14.6. The van der Waals surface area contributed by atoms with Crippen LogP contribution in [0.3, 0.4) is 0 Å². The molecule has 2 heterocycles. The summed E-state index contributed by atoms with van der Waals surface area (Å²) in [4.78, 5) is 45.8. The summed E-state index contributed by atoms with van der Waals surface area (Å²) in [5.74, 6) is -1.76. The number of non-ortho nitro benzene ring substituents is 2. The largest absolute Gasteiger partial charge is 0.506 e. The minimum Gasteiger partial charge on any atom is -0.506 e. The molecule has 20 nitrogen and oxygen atoms in total. The van der Waals surface area contributed by atoms with E-state index in [1.165, 1.54) is 13.8 Å². The van der Waals surface area contributed by atoms with Gasteiger partial charge in [-0.3, -0.25) is 39.0 Å². The molecule has 0 atom stereocenters. The van der Waals surface area contributed by atoms with E-state index in [9.17, 15) is 60.8 Å². The van der Waals surface area contributed by atoms with Crippen LogP contribution in [0.2, 0.25) is 0 Å². The van der Waals surface area contributed by atoms with Gasteiger partial charge in [0.1, 0.15) is 46.1 Å². The molecule has 0 saturated heterocycles. The number of nitro groups is 2. The number of hydrogen-bond donors (Lipinski definition) is 4. The third-order valence-corrected chi connectivity index (χ3v) is 8.76. The molecule has 0 bridgehead atoms. The summed E-state index contributed by atoms with van der Waals surface area (Å²) in [6, 6.07) is 27.7. The molecule has 61 heavy (non-hydrogen) atoms. The number of nitrogens with zero attached hydrogens (tertiary/aromatic N) is 10. The van der Waals surface area contributed by atoms with Gasteiger partial charge in [0, 0.05) is 52.2 Å². The summed E-state index contributed by atoms with van der Waals surface area (Å²) in [5, 5.41) is 97.0. The Bertz CT molecular complexity index is 2720. The number of pyridine rings is 2. The Balaban J connectivity index is 0.000000264. The van der Waals surface area contributed by atoms with Crippen molar-refractivity contribution >= 4 is 34.1 Å². The monoisotopic (exact) mass is 869 g/mol. The minimum atomic E-state index is -0.687. The molecule has 6 aromatic rings. The maximum Gasteiger partial charge on any atom is 0.271 e. The van der Waals surface area contributed by atoms with E-state index < -0.39 is 32.7 Å². The minimum absolute atomic E-state index is 0. The Morgan fingerprint density at radius 1 is 0.590 bits per heavy atom. The molecule has 0 saturated carbocycles. The molecule has 4 N–H and O–H groups in total. The van der Waals surface area contributed by atoms with E-state index >= 15 is 0 Å². The average molecular weight is 870 g/mol. The van der Waals surface area contributed by atoms with E-state index in [2.05, 4.69) is 20.5 Å². The fourth-order valence-corrected chi connectivity index (χ4v) is 5.56. The first kappa shape index (κ1) is 45.2. The standard InChI is InChI=1S/2C20H15N5O5.Co/c2*1-12-15(10-21)19(27)24(11-13-5-3-2-4-6-13)20(28)18(12)23-22-16-9-14(25(29)30)7-8-17(16)26;/h2*2-9,26,28H,11H2,1H3;. The van der Waals surface area contributed by atoms with E-state index in [1.807, 2.05) is 0 Å². The number of aromatic hydroxyl groups is 4. The molecule has 0 amide bonds. The molecule has 2 aromatic heterocycles. The van der Waals surface area contributed by atoms with Gasteiger partial charge in [0.25, 0.3) is 22.5 Å². The summed E-state index contributed by atoms with van der Waals surface area (Å²) in [6.45, 7) is 2.83. The summed E-state index contributed by atoms with van der Waals surface area (Å²) in [6.07, 6.45) is 0. The molecular weight excluding hydrogens is 839 g/mol. The maximum absolute atomic E-state index is 12.6. The maximum atomic E-state index is 12.6. The molecule has 1 radical (unpaired) electrons. The average Bonchev–Trinajstić information content (AvgIpc) is 3.23. The first-order valence-electron chi connectivity index (χ1n) is 17.3. The first-order valence-corrected chi connectivity index (χ1v) is 17.3. The number of nitriles is 2. The summed E-state index contributed by atoms with van der Waals surface area (Å²) in [7, 11) is 0. The first-order chi connectivity index (χ1) is 28.7. The van der Waals surface area contributed by atoms with Crippen molar-refractivity contribution in [1.82, 2.24) is 9.13 Å². The van der Waals surface area contributed by atoms with Crippen LogP contribution in [0, 0.1) is 56.7 Å². The fourth-order valence-electron chi connectivity index (χ4n) is 5.56. The van der Waals surface area contributed by atoms with Crippen LogP contribution in [0.1, 0.15) is 33.4 Å². The zero-order chi connectivity index (χ0) is 43.7. The summed E-state index contributed by atoms with van der Waals surface area (Å²) in [5.41, 5.74) is -1.56. The number of nitro benzene ring substituents is 2. The normalized spacial score (nSPS) is 10.6. The Morgan fingerprint density at radius 2 is 0.934 bits per heavy atom. The fraction of sp³-hybridized carbons (Fsp3) is 0.100. The Hall–Kier alpha value is -8.53. The van der Waals surface area contributed by atoms with Crippen LogP contribution in [0.4, 0.5) is 34.1 Å². The van der Waals surface area contributed by atoms with Gasteiger partial charge in [-0.25, -0.2) is 0 Å². The number of benzene rings is 4. The Morgan fingerprint density at radius 3 is 1.25 bits per heavy atom. The van der Waals surface area contributed by atoms with Crippen molar-refractivity contribution in [2.75, 3.05) is 0 Å². The van der Waals surface area contributed by atoms with Crippen molar-refractivity contribution in [2.24, 2.45) is 20.5 Å². The number of phenolic OH excluding ortho intramolecular Hbond substituents is 2. The molecule has 6 rings (SSSR count). The van der Waals surface area contributed by atoms with Gasteiger partial charge in [-0.05, 0) is 37.1 Å². The van der Waals surface area contributed by atoms with Gasteiger partial charge in [-0.15, -0.1) is 20.5 Å². The van der Waals surface area contributed by atoms with Crippen LogP contribution in [-0.4, -0.2) is 39.4 Å². The van der Waals surface area contributed by atoms with Gasteiger partial charge in [0.2, 0.25) is 11.8 Å². The van der Waals surface area contributed by atoms with Crippen molar-refractivity contribution in [1.29, 1.82) is 10.5 Å². The smallest absolute Gasteiger partial charge is 0.271 e. The van der Waals surface area contributed by atoms with E-state index in [1.54, 1.807) is 72.8 Å². The molecule has 309 valence electrons. The number of phenols is 2. The molecule has 0 aliphatic rings. The van der Waals surface area contributed by atoms with Crippen molar-refractivity contribution in [3.8, 4) is 35.4 Å². The van der Waals surface area contributed by atoms with E-state index in [0.717, 1.165) is 45.5 Å². The van der Waals surface area contributed by atoms with Crippen molar-refractivity contribution in [2.45, 2.75) is 26.9 Å². The van der Waals surface area contributed by atoms with Crippen LogP contribution in [-0.2, 0) is 29.9 Å². The zero-order valence-corrected chi connectivity index (χ0v) is 32.7. The van der Waals surface area contributed by atoms with Gasteiger partial charge in [0.05, 0.1) is 22.9 Å².